The molecular formula is C31H26N2O4S. The van der Waals surface area contributed by atoms with Gasteiger partial charge in [0.1, 0.15) is 12.4 Å². The molecule has 1 saturated heterocycles. The topological polar surface area (TPSA) is 88.0 Å². The van der Waals surface area contributed by atoms with Crippen LogP contribution in [0.1, 0.15) is 36.0 Å². The van der Waals surface area contributed by atoms with E-state index in [0.717, 1.165) is 21.9 Å². The van der Waals surface area contributed by atoms with Gasteiger partial charge in [0.05, 0.1) is 16.5 Å². The van der Waals surface area contributed by atoms with E-state index in [1.54, 1.807) is 24.3 Å². The molecule has 0 aromatic heterocycles. The average molecular weight is 523 g/mol. The molecule has 0 spiro atoms. The largest absolute Gasteiger partial charge is 0.488 e. The fourth-order valence-electron chi connectivity index (χ4n) is 4.31. The van der Waals surface area contributed by atoms with E-state index in [4.69, 9.17) is 4.74 Å². The van der Waals surface area contributed by atoms with Crippen LogP contribution in [0.2, 0.25) is 0 Å². The first kappa shape index (κ1) is 25.3. The lowest BCUT2D eigenvalue weighted by atomic mass is 9.96. The minimum Gasteiger partial charge on any atom is -0.488 e. The number of carbonyl (C=O) groups excluding carboxylic acids is 1. The van der Waals surface area contributed by atoms with Crippen LogP contribution in [0.25, 0.3) is 16.8 Å². The molecule has 0 radical (unpaired) electrons. The van der Waals surface area contributed by atoms with E-state index in [1.807, 2.05) is 79.7 Å². The van der Waals surface area contributed by atoms with Gasteiger partial charge in [0, 0.05) is 5.56 Å². The SMILES string of the molecule is CCC(C(=O)O)c1cccc(N=C2NC(=O)C(=Cc3cc4ccccc4cc3OCc3ccccc3)S2)c1. The number of nitrogens with one attached hydrogen (secondary N) is 1. The Kier molecular flexibility index (Phi) is 7.56. The number of rotatable bonds is 8. The molecule has 4 aromatic rings. The van der Waals surface area contributed by atoms with Gasteiger partial charge in [0.15, 0.2) is 5.17 Å². The summed E-state index contributed by atoms with van der Waals surface area (Å²) >= 11 is 1.24. The highest BCUT2D eigenvalue weighted by molar-refractivity contribution is 8.18. The van der Waals surface area contributed by atoms with Crippen molar-refractivity contribution in [2.45, 2.75) is 25.9 Å². The summed E-state index contributed by atoms with van der Waals surface area (Å²) < 4.78 is 6.20. The lowest BCUT2D eigenvalue weighted by Gasteiger charge is -2.12. The highest BCUT2D eigenvalue weighted by Crippen LogP contribution is 2.34. The number of aliphatic imine (C=N–C) groups is 1. The van der Waals surface area contributed by atoms with Crippen LogP contribution in [-0.4, -0.2) is 22.2 Å². The summed E-state index contributed by atoms with van der Waals surface area (Å²) in [5, 5.41) is 14.8. The molecule has 7 heteroatoms. The van der Waals surface area contributed by atoms with Crippen molar-refractivity contribution in [3.8, 4) is 5.75 Å². The Labute approximate surface area is 225 Å². The first-order valence-electron chi connectivity index (χ1n) is 12.3. The molecule has 1 unspecified atom stereocenters. The van der Waals surface area contributed by atoms with Crippen molar-refractivity contribution in [1.29, 1.82) is 0 Å². The highest BCUT2D eigenvalue weighted by Gasteiger charge is 2.25. The van der Waals surface area contributed by atoms with Crippen molar-refractivity contribution in [1.82, 2.24) is 5.32 Å². The molecule has 1 aliphatic rings. The Hall–Kier alpha value is -4.36. The molecule has 190 valence electrons. The van der Waals surface area contributed by atoms with Crippen molar-refractivity contribution >= 4 is 51.3 Å². The molecule has 6 nitrogen and oxygen atoms in total. The van der Waals surface area contributed by atoms with Gasteiger partial charge in [-0.05, 0) is 70.4 Å². The first-order chi connectivity index (χ1) is 18.5. The van der Waals surface area contributed by atoms with Crippen LogP contribution in [0.3, 0.4) is 0 Å². The van der Waals surface area contributed by atoms with E-state index in [0.29, 0.717) is 40.1 Å². The van der Waals surface area contributed by atoms with Gasteiger partial charge in [-0.25, -0.2) is 4.99 Å². The molecule has 1 atom stereocenters. The van der Waals surface area contributed by atoms with Gasteiger partial charge in [-0.15, -0.1) is 0 Å². The number of ether oxygens (including phenoxy) is 1. The number of amidine groups is 1. The molecule has 1 aliphatic heterocycles. The molecule has 1 amide bonds. The predicted molar refractivity (Wildman–Crippen MR) is 153 cm³/mol. The first-order valence-corrected chi connectivity index (χ1v) is 13.1. The second kappa shape index (κ2) is 11.4. The lowest BCUT2D eigenvalue weighted by molar-refractivity contribution is -0.138. The molecule has 0 saturated carbocycles. The van der Waals surface area contributed by atoms with Gasteiger partial charge in [-0.2, -0.15) is 0 Å². The van der Waals surface area contributed by atoms with Gasteiger partial charge in [-0.1, -0.05) is 73.7 Å². The van der Waals surface area contributed by atoms with Crippen LogP contribution >= 0.6 is 11.8 Å². The number of carbonyl (C=O) groups is 2. The molecule has 4 aromatic carbocycles. The third-order valence-electron chi connectivity index (χ3n) is 6.26. The van der Waals surface area contributed by atoms with E-state index in [1.165, 1.54) is 11.8 Å². The zero-order valence-electron chi connectivity index (χ0n) is 20.8. The zero-order valence-corrected chi connectivity index (χ0v) is 21.6. The number of thioether (sulfide) groups is 1. The van der Waals surface area contributed by atoms with Crippen molar-refractivity contribution in [3.63, 3.8) is 0 Å². The number of benzene rings is 4. The quantitative estimate of drug-likeness (QED) is 0.246. The molecule has 1 fully saturated rings. The van der Waals surface area contributed by atoms with Crippen molar-refractivity contribution in [2.75, 3.05) is 0 Å². The van der Waals surface area contributed by atoms with E-state index in [9.17, 15) is 14.7 Å². The molecular weight excluding hydrogens is 496 g/mol. The maximum atomic E-state index is 12.8. The summed E-state index contributed by atoms with van der Waals surface area (Å²) in [6.07, 6.45) is 2.30. The number of hydrogen-bond acceptors (Lipinski definition) is 5. The lowest BCUT2D eigenvalue weighted by Crippen LogP contribution is -2.19. The number of nitrogens with zero attached hydrogens (tertiary/aromatic N) is 1. The Balaban J connectivity index is 1.43. The summed E-state index contributed by atoms with van der Waals surface area (Å²) in [4.78, 5) is 29.5. The smallest absolute Gasteiger partial charge is 0.310 e. The zero-order chi connectivity index (χ0) is 26.5. The van der Waals surface area contributed by atoms with Crippen LogP contribution in [-0.2, 0) is 16.2 Å². The predicted octanol–water partition coefficient (Wildman–Crippen LogP) is 6.89. The third kappa shape index (κ3) is 5.79. The number of carboxylic acids is 1. The Morgan fingerprint density at radius 1 is 1.00 bits per heavy atom. The standard InChI is InChI=1S/C31H26N2O4S/c1-2-26(30(35)36)23-13-8-14-25(16-23)32-31-33-29(34)28(38-31)18-24-15-21-11-6-7-12-22(21)17-27(24)37-19-20-9-4-3-5-10-20/h3-18,26H,2,19H2,1H3,(H,35,36)(H,32,33,34). The monoisotopic (exact) mass is 522 g/mol. The van der Waals surface area contributed by atoms with E-state index in [2.05, 4.69) is 10.3 Å². The summed E-state index contributed by atoms with van der Waals surface area (Å²) in [5.74, 6) is -1.03. The summed E-state index contributed by atoms with van der Waals surface area (Å²) in [6, 6.07) is 29.1. The number of carboxylic acid groups (broad SMARTS) is 1. The van der Waals surface area contributed by atoms with Crippen LogP contribution in [0, 0.1) is 0 Å². The van der Waals surface area contributed by atoms with Gasteiger partial charge < -0.3 is 15.2 Å². The van der Waals surface area contributed by atoms with Crippen LogP contribution in [0.4, 0.5) is 5.69 Å². The number of fused-ring (bicyclic) bond motifs is 1. The summed E-state index contributed by atoms with van der Waals surface area (Å²) in [6.45, 7) is 2.25. The molecule has 0 bridgehead atoms. The van der Waals surface area contributed by atoms with E-state index < -0.39 is 11.9 Å². The Morgan fingerprint density at radius 2 is 1.74 bits per heavy atom. The van der Waals surface area contributed by atoms with E-state index >= 15 is 0 Å². The second-order valence-corrected chi connectivity index (χ2v) is 9.92. The molecule has 1 heterocycles. The highest BCUT2D eigenvalue weighted by atomic mass is 32.2. The average Bonchev–Trinajstić information content (AvgIpc) is 3.26. The third-order valence-corrected chi connectivity index (χ3v) is 7.17. The maximum absolute atomic E-state index is 12.8. The van der Waals surface area contributed by atoms with Gasteiger partial charge >= 0.3 is 5.97 Å². The molecule has 5 rings (SSSR count). The number of amides is 1. The fraction of sp³-hybridized carbons (Fsp3) is 0.129. The van der Waals surface area contributed by atoms with Crippen molar-refractivity contribution in [2.24, 2.45) is 4.99 Å². The number of aliphatic carboxylic acids is 1. The van der Waals surface area contributed by atoms with Crippen LogP contribution in [0.15, 0.2) is 101 Å². The second-order valence-electron chi connectivity index (χ2n) is 8.89. The Bertz CT molecular complexity index is 1560. The van der Waals surface area contributed by atoms with E-state index in [-0.39, 0.29) is 5.91 Å². The van der Waals surface area contributed by atoms with Crippen LogP contribution in [0.5, 0.6) is 5.75 Å². The van der Waals surface area contributed by atoms with Crippen LogP contribution < -0.4 is 10.1 Å². The van der Waals surface area contributed by atoms with Gasteiger partial charge in [-0.3, -0.25) is 9.59 Å². The van der Waals surface area contributed by atoms with Gasteiger partial charge in [0.25, 0.3) is 5.91 Å². The summed E-state index contributed by atoms with van der Waals surface area (Å²) in [5.41, 5.74) is 3.12. The normalized spacial score (nSPS) is 16.1. The Morgan fingerprint density at radius 3 is 2.47 bits per heavy atom. The van der Waals surface area contributed by atoms with Crippen molar-refractivity contribution in [3.05, 3.63) is 113 Å². The van der Waals surface area contributed by atoms with Gasteiger partial charge in [0.2, 0.25) is 0 Å². The minimum atomic E-state index is -0.869. The molecule has 38 heavy (non-hydrogen) atoms. The molecule has 0 aliphatic carbocycles. The molecule has 2 N–H and O–H groups in total. The van der Waals surface area contributed by atoms with Crippen molar-refractivity contribution < 1.29 is 19.4 Å². The number of hydrogen-bond donors (Lipinski definition) is 2. The maximum Gasteiger partial charge on any atom is 0.310 e. The summed E-state index contributed by atoms with van der Waals surface area (Å²) in [7, 11) is 0. The minimum absolute atomic E-state index is 0.246. The fourth-order valence-corrected chi connectivity index (χ4v) is 5.15.